The third kappa shape index (κ3) is 2.47. The van der Waals surface area contributed by atoms with Crippen LogP contribution in [0.15, 0.2) is 5.38 Å². The molecule has 0 aromatic carbocycles. The first-order chi connectivity index (χ1) is 6.16. The molecule has 1 heterocycles. The summed E-state index contributed by atoms with van der Waals surface area (Å²) in [6.07, 6.45) is 6.67. The molecule has 0 saturated heterocycles. The third-order valence-corrected chi connectivity index (χ3v) is 3.71. The van der Waals surface area contributed by atoms with Crippen molar-refractivity contribution in [3.8, 4) is 12.3 Å². The van der Waals surface area contributed by atoms with Gasteiger partial charge in [0.25, 0.3) is 0 Å². The van der Waals surface area contributed by atoms with Gasteiger partial charge in [-0.15, -0.1) is 23.7 Å². The fourth-order valence-electron chi connectivity index (χ4n) is 1.07. The summed E-state index contributed by atoms with van der Waals surface area (Å²) >= 11 is 7.67. The Hall–Kier alpha value is -0.490. The Balaban J connectivity index is 2.72. The van der Waals surface area contributed by atoms with Gasteiger partial charge in [-0.25, -0.2) is 0 Å². The Kier molecular flexibility index (Phi) is 3.80. The van der Waals surface area contributed by atoms with Gasteiger partial charge in [0.05, 0.1) is 5.02 Å². The van der Waals surface area contributed by atoms with Crippen molar-refractivity contribution in [2.24, 2.45) is 5.73 Å². The molecule has 3 heteroatoms. The second-order valence-electron chi connectivity index (χ2n) is 2.95. The minimum atomic E-state index is -0.0118. The maximum Gasteiger partial charge on any atom is 0.0590 e. The van der Waals surface area contributed by atoms with E-state index in [9.17, 15) is 0 Å². The summed E-state index contributed by atoms with van der Waals surface area (Å²) in [6.45, 7) is 1.98. The maximum absolute atomic E-state index is 6.06. The van der Waals surface area contributed by atoms with E-state index >= 15 is 0 Å². The summed E-state index contributed by atoms with van der Waals surface area (Å²) in [5, 5.41) is 2.82. The van der Waals surface area contributed by atoms with Crippen LogP contribution in [0.25, 0.3) is 0 Å². The number of halogens is 1. The largest absolute Gasteiger partial charge is 0.323 e. The zero-order chi connectivity index (χ0) is 9.84. The van der Waals surface area contributed by atoms with Crippen LogP contribution in [0.2, 0.25) is 5.02 Å². The van der Waals surface area contributed by atoms with Gasteiger partial charge in [-0.1, -0.05) is 11.6 Å². The first-order valence-corrected chi connectivity index (χ1v) is 5.35. The van der Waals surface area contributed by atoms with E-state index in [4.69, 9.17) is 23.8 Å². The van der Waals surface area contributed by atoms with Crippen LogP contribution in [-0.2, 0) is 0 Å². The molecule has 1 aromatic heterocycles. The summed E-state index contributed by atoms with van der Waals surface area (Å²) in [5.74, 6) is 2.58. The van der Waals surface area contributed by atoms with Gasteiger partial charge in [0, 0.05) is 17.3 Å². The minimum absolute atomic E-state index is 0.0118. The van der Waals surface area contributed by atoms with Crippen LogP contribution in [0.5, 0.6) is 0 Å². The topological polar surface area (TPSA) is 26.0 Å². The van der Waals surface area contributed by atoms with E-state index in [0.717, 1.165) is 21.9 Å². The predicted octanol–water partition coefficient (Wildman–Crippen LogP) is 3.12. The number of rotatable bonds is 3. The number of thiophene rings is 1. The van der Waals surface area contributed by atoms with Crippen molar-refractivity contribution in [2.45, 2.75) is 25.8 Å². The number of terminal acetylenes is 1. The van der Waals surface area contributed by atoms with Crippen molar-refractivity contribution in [1.29, 1.82) is 0 Å². The van der Waals surface area contributed by atoms with Crippen LogP contribution < -0.4 is 5.73 Å². The molecule has 1 nitrogen and oxygen atoms in total. The smallest absolute Gasteiger partial charge is 0.0590 e. The molecule has 0 aliphatic rings. The van der Waals surface area contributed by atoms with E-state index in [1.165, 1.54) is 0 Å². The third-order valence-electron chi connectivity index (χ3n) is 1.86. The Morgan fingerprint density at radius 3 is 2.92 bits per heavy atom. The lowest BCUT2D eigenvalue weighted by molar-refractivity contribution is 0.679. The molecule has 0 radical (unpaired) electrons. The molecule has 13 heavy (non-hydrogen) atoms. The molecular formula is C10H12ClNS. The molecular weight excluding hydrogens is 202 g/mol. The maximum atomic E-state index is 6.06. The van der Waals surface area contributed by atoms with Gasteiger partial charge in [0.1, 0.15) is 0 Å². The highest BCUT2D eigenvalue weighted by Crippen LogP contribution is 2.32. The van der Waals surface area contributed by atoms with Gasteiger partial charge in [0.15, 0.2) is 0 Å². The highest BCUT2D eigenvalue weighted by Gasteiger charge is 2.13. The molecule has 0 aliphatic heterocycles. The van der Waals surface area contributed by atoms with Gasteiger partial charge in [-0.2, -0.15) is 0 Å². The van der Waals surface area contributed by atoms with Crippen LogP contribution >= 0.6 is 22.9 Å². The fourth-order valence-corrected chi connectivity index (χ4v) is 2.44. The van der Waals surface area contributed by atoms with Crippen molar-refractivity contribution in [3.05, 3.63) is 20.8 Å². The van der Waals surface area contributed by atoms with Crippen LogP contribution in [0.3, 0.4) is 0 Å². The van der Waals surface area contributed by atoms with Gasteiger partial charge < -0.3 is 5.73 Å². The van der Waals surface area contributed by atoms with E-state index in [1.54, 1.807) is 11.3 Å². The highest BCUT2D eigenvalue weighted by molar-refractivity contribution is 7.10. The average Bonchev–Trinajstić information content (AvgIpc) is 2.44. The van der Waals surface area contributed by atoms with E-state index in [-0.39, 0.29) is 6.04 Å². The van der Waals surface area contributed by atoms with Crippen LogP contribution in [-0.4, -0.2) is 0 Å². The molecule has 1 atom stereocenters. The predicted molar refractivity (Wildman–Crippen MR) is 59.1 cm³/mol. The minimum Gasteiger partial charge on any atom is -0.323 e. The monoisotopic (exact) mass is 213 g/mol. The van der Waals surface area contributed by atoms with E-state index in [2.05, 4.69) is 5.92 Å². The Morgan fingerprint density at radius 1 is 1.77 bits per heavy atom. The Labute approximate surface area is 87.9 Å². The first-order valence-electron chi connectivity index (χ1n) is 4.09. The van der Waals surface area contributed by atoms with Crippen LogP contribution in [0.4, 0.5) is 0 Å². The SMILES string of the molecule is C#CCCC(N)c1scc(C)c1Cl. The summed E-state index contributed by atoms with van der Waals surface area (Å²) in [6, 6.07) is -0.0118. The fraction of sp³-hybridized carbons (Fsp3) is 0.400. The molecule has 0 aliphatic carbocycles. The van der Waals surface area contributed by atoms with Crippen molar-refractivity contribution in [2.75, 3.05) is 0 Å². The summed E-state index contributed by atoms with van der Waals surface area (Å²) in [5.41, 5.74) is 7.02. The van der Waals surface area contributed by atoms with Gasteiger partial charge in [-0.05, 0) is 24.3 Å². The number of hydrogen-bond acceptors (Lipinski definition) is 2. The van der Waals surface area contributed by atoms with Crippen LogP contribution in [0.1, 0.15) is 29.3 Å². The zero-order valence-electron chi connectivity index (χ0n) is 7.51. The summed E-state index contributed by atoms with van der Waals surface area (Å²) in [7, 11) is 0. The first kappa shape index (κ1) is 10.6. The summed E-state index contributed by atoms with van der Waals surface area (Å²) < 4.78 is 0. The molecule has 0 bridgehead atoms. The quantitative estimate of drug-likeness (QED) is 0.768. The standard InChI is InChI=1S/C10H12ClNS/c1-3-4-5-8(12)10-9(11)7(2)6-13-10/h1,6,8H,4-5,12H2,2H3. The lowest BCUT2D eigenvalue weighted by Gasteiger charge is -2.07. The second kappa shape index (κ2) is 4.66. The highest BCUT2D eigenvalue weighted by atomic mass is 35.5. The van der Waals surface area contributed by atoms with Gasteiger partial charge in [0.2, 0.25) is 0 Å². The van der Waals surface area contributed by atoms with Crippen molar-refractivity contribution in [3.63, 3.8) is 0 Å². The molecule has 0 fully saturated rings. The molecule has 1 unspecified atom stereocenters. The number of nitrogens with two attached hydrogens (primary N) is 1. The van der Waals surface area contributed by atoms with Crippen molar-refractivity contribution >= 4 is 22.9 Å². The Morgan fingerprint density at radius 2 is 2.46 bits per heavy atom. The van der Waals surface area contributed by atoms with Gasteiger partial charge in [-0.3, -0.25) is 0 Å². The molecule has 0 saturated carbocycles. The molecule has 2 N–H and O–H groups in total. The molecule has 1 aromatic rings. The Bertz CT molecular complexity index is 324. The van der Waals surface area contributed by atoms with Crippen LogP contribution in [0, 0.1) is 19.3 Å². The molecule has 0 spiro atoms. The molecule has 70 valence electrons. The van der Waals surface area contributed by atoms with E-state index in [1.807, 2.05) is 12.3 Å². The average molecular weight is 214 g/mol. The van der Waals surface area contributed by atoms with Gasteiger partial charge >= 0.3 is 0 Å². The normalized spacial score (nSPS) is 12.5. The number of aryl methyl sites for hydroxylation is 1. The number of hydrogen-bond donors (Lipinski definition) is 1. The molecule has 1 rings (SSSR count). The van der Waals surface area contributed by atoms with E-state index < -0.39 is 0 Å². The van der Waals surface area contributed by atoms with Crippen molar-refractivity contribution < 1.29 is 0 Å². The lowest BCUT2D eigenvalue weighted by atomic mass is 10.1. The molecule has 0 amide bonds. The summed E-state index contributed by atoms with van der Waals surface area (Å²) in [4.78, 5) is 1.05. The zero-order valence-corrected chi connectivity index (χ0v) is 9.08. The van der Waals surface area contributed by atoms with E-state index in [0.29, 0.717) is 6.42 Å². The van der Waals surface area contributed by atoms with Crippen molar-refractivity contribution in [1.82, 2.24) is 0 Å². The lowest BCUT2D eigenvalue weighted by Crippen LogP contribution is -2.08. The second-order valence-corrected chi connectivity index (χ2v) is 4.24.